The van der Waals surface area contributed by atoms with Gasteiger partial charge in [0.2, 0.25) is 0 Å². The SMILES string of the molecule is O=C(Nc1ccn(Cc2ccccc2F)n1)Nc1ccc(F)cc1F. The van der Waals surface area contributed by atoms with E-state index in [1.165, 1.54) is 16.8 Å². The van der Waals surface area contributed by atoms with E-state index in [-0.39, 0.29) is 23.9 Å². The van der Waals surface area contributed by atoms with Gasteiger partial charge in [-0.1, -0.05) is 18.2 Å². The Bertz CT molecular complexity index is 910. The molecule has 0 aliphatic carbocycles. The summed E-state index contributed by atoms with van der Waals surface area (Å²) >= 11 is 0. The second-order valence-corrected chi connectivity index (χ2v) is 5.19. The number of rotatable bonds is 4. The molecular weight excluding hydrogens is 333 g/mol. The van der Waals surface area contributed by atoms with Crippen molar-refractivity contribution >= 4 is 17.5 Å². The molecule has 1 aromatic heterocycles. The molecule has 3 aromatic rings. The number of carbonyl (C=O) groups excluding carboxylic acids is 1. The van der Waals surface area contributed by atoms with Crippen LogP contribution < -0.4 is 10.6 Å². The molecule has 0 radical (unpaired) electrons. The molecule has 0 fully saturated rings. The summed E-state index contributed by atoms with van der Waals surface area (Å²) < 4.78 is 41.4. The highest BCUT2D eigenvalue weighted by molar-refractivity contribution is 5.99. The first-order chi connectivity index (χ1) is 12.0. The number of nitrogens with zero attached hydrogens (tertiary/aromatic N) is 2. The number of aromatic nitrogens is 2. The lowest BCUT2D eigenvalue weighted by Crippen LogP contribution is -2.20. The highest BCUT2D eigenvalue weighted by atomic mass is 19.1. The number of carbonyl (C=O) groups is 1. The van der Waals surface area contributed by atoms with Gasteiger partial charge in [0.05, 0.1) is 12.2 Å². The maximum atomic E-state index is 13.6. The normalized spacial score (nSPS) is 10.5. The largest absolute Gasteiger partial charge is 0.324 e. The number of nitrogens with one attached hydrogen (secondary N) is 2. The predicted octanol–water partition coefficient (Wildman–Crippen LogP) is 3.99. The summed E-state index contributed by atoms with van der Waals surface area (Å²) in [5, 5.41) is 8.76. The number of benzene rings is 2. The van der Waals surface area contributed by atoms with Gasteiger partial charge in [-0.3, -0.25) is 10.00 Å². The van der Waals surface area contributed by atoms with Crippen molar-refractivity contribution in [3.8, 4) is 0 Å². The fourth-order valence-electron chi connectivity index (χ4n) is 2.18. The zero-order chi connectivity index (χ0) is 17.8. The second-order valence-electron chi connectivity index (χ2n) is 5.19. The molecular formula is C17H13F3N4O. The second kappa shape index (κ2) is 7.08. The van der Waals surface area contributed by atoms with Crippen molar-refractivity contribution in [2.24, 2.45) is 0 Å². The third-order valence-electron chi connectivity index (χ3n) is 3.35. The first-order valence-corrected chi connectivity index (χ1v) is 7.31. The number of hydrogen-bond donors (Lipinski definition) is 2. The van der Waals surface area contributed by atoms with Gasteiger partial charge in [0.1, 0.15) is 17.5 Å². The van der Waals surface area contributed by atoms with E-state index in [1.807, 2.05) is 0 Å². The van der Waals surface area contributed by atoms with Crippen molar-refractivity contribution in [1.82, 2.24) is 9.78 Å². The molecule has 5 nitrogen and oxygen atoms in total. The van der Waals surface area contributed by atoms with Crippen LogP contribution in [0.25, 0.3) is 0 Å². The van der Waals surface area contributed by atoms with E-state index in [1.54, 1.807) is 24.4 Å². The fraction of sp³-hybridized carbons (Fsp3) is 0.0588. The maximum absolute atomic E-state index is 13.6. The number of halogens is 3. The molecule has 3 rings (SSSR count). The number of amides is 2. The molecule has 2 aromatic carbocycles. The minimum Gasteiger partial charge on any atom is -0.305 e. The van der Waals surface area contributed by atoms with Gasteiger partial charge in [-0.25, -0.2) is 18.0 Å². The van der Waals surface area contributed by atoms with E-state index in [9.17, 15) is 18.0 Å². The van der Waals surface area contributed by atoms with Crippen molar-refractivity contribution < 1.29 is 18.0 Å². The van der Waals surface area contributed by atoms with Crippen LogP contribution in [0.4, 0.5) is 29.5 Å². The molecule has 8 heteroatoms. The van der Waals surface area contributed by atoms with E-state index in [0.717, 1.165) is 12.1 Å². The van der Waals surface area contributed by atoms with Crippen LogP contribution in [0.15, 0.2) is 54.7 Å². The fourth-order valence-corrected chi connectivity index (χ4v) is 2.18. The Balaban J connectivity index is 1.63. The zero-order valence-corrected chi connectivity index (χ0v) is 12.8. The maximum Gasteiger partial charge on any atom is 0.324 e. The van der Waals surface area contributed by atoms with E-state index < -0.39 is 17.7 Å². The van der Waals surface area contributed by atoms with Crippen molar-refractivity contribution in [3.05, 3.63) is 77.7 Å². The summed E-state index contributed by atoms with van der Waals surface area (Å²) in [5.41, 5.74) is 0.291. The minimum atomic E-state index is -0.889. The van der Waals surface area contributed by atoms with Crippen LogP contribution in [-0.2, 0) is 6.54 Å². The lowest BCUT2D eigenvalue weighted by Gasteiger charge is -2.07. The average molecular weight is 346 g/mol. The van der Waals surface area contributed by atoms with Gasteiger partial charge >= 0.3 is 6.03 Å². The molecule has 0 aliphatic heterocycles. The molecule has 0 saturated carbocycles. The molecule has 0 aliphatic rings. The van der Waals surface area contributed by atoms with E-state index in [2.05, 4.69) is 15.7 Å². The molecule has 1 heterocycles. The number of urea groups is 1. The summed E-state index contributed by atoms with van der Waals surface area (Å²) in [7, 11) is 0. The van der Waals surface area contributed by atoms with E-state index >= 15 is 0 Å². The highest BCUT2D eigenvalue weighted by Gasteiger charge is 2.10. The summed E-state index contributed by atoms with van der Waals surface area (Å²) in [6, 6.07) is 9.88. The van der Waals surface area contributed by atoms with Crippen molar-refractivity contribution in [2.45, 2.75) is 6.54 Å². The zero-order valence-electron chi connectivity index (χ0n) is 12.8. The highest BCUT2D eigenvalue weighted by Crippen LogP contribution is 2.15. The average Bonchev–Trinajstić information content (AvgIpc) is 2.99. The summed E-state index contributed by atoms with van der Waals surface area (Å²) in [6.07, 6.45) is 1.57. The first-order valence-electron chi connectivity index (χ1n) is 7.31. The monoisotopic (exact) mass is 346 g/mol. The predicted molar refractivity (Wildman–Crippen MR) is 86.7 cm³/mol. The topological polar surface area (TPSA) is 59.0 Å². The van der Waals surface area contributed by atoms with Gasteiger partial charge in [0.25, 0.3) is 0 Å². The molecule has 128 valence electrons. The van der Waals surface area contributed by atoms with Crippen LogP contribution >= 0.6 is 0 Å². The lowest BCUT2D eigenvalue weighted by molar-refractivity contribution is 0.262. The van der Waals surface area contributed by atoms with Gasteiger partial charge in [0.15, 0.2) is 5.82 Å². The Morgan fingerprint density at radius 1 is 1.00 bits per heavy atom. The van der Waals surface area contributed by atoms with Gasteiger partial charge in [-0.2, -0.15) is 5.10 Å². The van der Waals surface area contributed by atoms with E-state index in [0.29, 0.717) is 11.6 Å². The van der Waals surface area contributed by atoms with Crippen LogP contribution in [0.5, 0.6) is 0 Å². The Morgan fingerprint density at radius 3 is 2.56 bits per heavy atom. The molecule has 0 unspecified atom stereocenters. The van der Waals surface area contributed by atoms with Gasteiger partial charge in [-0.15, -0.1) is 0 Å². The Morgan fingerprint density at radius 2 is 1.80 bits per heavy atom. The quantitative estimate of drug-likeness (QED) is 0.750. The summed E-state index contributed by atoms with van der Waals surface area (Å²) in [5.74, 6) is -1.77. The standard InChI is InChI=1S/C17H13F3N4O/c18-12-5-6-15(14(20)9-12)21-17(25)22-16-7-8-24(23-16)10-11-3-1-2-4-13(11)19/h1-9H,10H2,(H2,21,22,23,25). The molecule has 25 heavy (non-hydrogen) atoms. The number of hydrogen-bond acceptors (Lipinski definition) is 2. The molecule has 2 N–H and O–H groups in total. The lowest BCUT2D eigenvalue weighted by atomic mass is 10.2. The van der Waals surface area contributed by atoms with E-state index in [4.69, 9.17) is 0 Å². The smallest absolute Gasteiger partial charge is 0.305 e. The number of anilines is 2. The van der Waals surface area contributed by atoms with Gasteiger partial charge < -0.3 is 5.32 Å². The van der Waals surface area contributed by atoms with Crippen LogP contribution in [-0.4, -0.2) is 15.8 Å². The van der Waals surface area contributed by atoms with Crippen LogP contribution in [0, 0.1) is 17.5 Å². The van der Waals surface area contributed by atoms with Crippen molar-refractivity contribution in [3.63, 3.8) is 0 Å². The molecule has 0 bridgehead atoms. The molecule has 2 amide bonds. The van der Waals surface area contributed by atoms with Crippen molar-refractivity contribution in [2.75, 3.05) is 10.6 Å². The molecule has 0 atom stereocenters. The van der Waals surface area contributed by atoms with Crippen LogP contribution in [0.2, 0.25) is 0 Å². The van der Waals surface area contributed by atoms with Gasteiger partial charge in [-0.05, 0) is 18.2 Å². The van der Waals surface area contributed by atoms with Crippen LogP contribution in [0.3, 0.4) is 0 Å². The Kier molecular flexibility index (Phi) is 4.69. The summed E-state index contributed by atoms with van der Waals surface area (Å²) in [4.78, 5) is 11.8. The first kappa shape index (κ1) is 16.6. The minimum absolute atomic E-state index is 0.162. The van der Waals surface area contributed by atoms with Crippen molar-refractivity contribution in [1.29, 1.82) is 0 Å². The van der Waals surface area contributed by atoms with Gasteiger partial charge in [0, 0.05) is 23.9 Å². The molecule has 0 spiro atoms. The summed E-state index contributed by atoms with van der Waals surface area (Å²) in [6.45, 7) is 0.197. The third-order valence-corrected chi connectivity index (χ3v) is 3.35. The third kappa shape index (κ3) is 4.17. The Hall–Kier alpha value is -3.29. The van der Waals surface area contributed by atoms with Crippen LogP contribution in [0.1, 0.15) is 5.56 Å². The molecule has 0 saturated heterocycles. The Labute approximate surface area is 141 Å².